The average Bonchev–Trinajstić information content (AvgIpc) is 1.85. The van der Waals surface area contributed by atoms with E-state index in [0.717, 1.165) is 12.8 Å². The minimum atomic E-state index is 0.117. The maximum absolute atomic E-state index is 10.6. The molecule has 0 aliphatic rings. The Kier molecular flexibility index (Phi) is 5.64. The van der Waals surface area contributed by atoms with E-state index in [1.54, 1.807) is 0 Å². The second kappa shape index (κ2) is 5.83. The molecule has 9 heavy (non-hydrogen) atoms. The number of ketones is 1. The topological polar surface area (TPSA) is 17.1 Å². The molecule has 0 saturated heterocycles. The quantitative estimate of drug-likeness (QED) is 0.557. The number of hydrogen-bond acceptors (Lipinski definition) is 1. The first-order valence-electron chi connectivity index (χ1n) is 3.11. The predicted octanol–water partition coefficient (Wildman–Crippen LogP) is 2.50. The summed E-state index contributed by atoms with van der Waals surface area (Å²) in [5.41, 5.74) is 1.26. The summed E-state index contributed by atoms with van der Waals surface area (Å²) in [4.78, 5) is 10.6. The van der Waals surface area contributed by atoms with Crippen molar-refractivity contribution < 1.29 is 4.79 Å². The van der Waals surface area contributed by atoms with Gasteiger partial charge in [0.05, 0.1) is 0 Å². The fourth-order valence-corrected chi connectivity index (χ4v) is 0.645. The van der Waals surface area contributed by atoms with Crippen molar-refractivity contribution in [3.05, 3.63) is 11.6 Å². The molecule has 0 saturated carbocycles. The molecule has 0 amide bonds. The van der Waals surface area contributed by atoms with Gasteiger partial charge in [0.2, 0.25) is 0 Å². The molecule has 0 atom stereocenters. The molecule has 0 spiro atoms. The largest absolute Gasteiger partial charge is 0.295 e. The standard InChI is InChI=1S/C7H11ClO/c1-2-3-4-7(9)5-6-8/h5-6H,2-4H2,1H3/b6-5+. The molecule has 0 rings (SSSR count). The van der Waals surface area contributed by atoms with Gasteiger partial charge in [0.1, 0.15) is 0 Å². The second-order valence-corrected chi connectivity index (χ2v) is 2.11. The molecule has 0 aliphatic heterocycles. The van der Waals surface area contributed by atoms with E-state index < -0.39 is 0 Å². The van der Waals surface area contributed by atoms with Gasteiger partial charge in [-0.15, -0.1) is 0 Å². The highest BCUT2D eigenvalue weighted by Crippen LogP contribution is 1.96. The fraction of sp³-hybridized carbons (Fsp3) is 0.571. The van der Waals surface area contributed by atoms with Crippen LogP contribution in [0.15, 0.2) is 11.6 Å². The normalized spacial score (nSPS) is 10.4. The minimum Gasteiger partial charge on any atom is -0.295 e. The summed E-state index contributed by atoms with van der Waals surface area (Å²) < 4.78 is 0. The van der Waals surface area contributed by atoms with E-state index in [-0.39, 0.29) is 5.78 Å². The first-order chi connectivity index (χ1) is 4.31. The molecule has 0 heterocycles. The molecule has 0 radical (unpaired) electrons. The van der Waals surface area contributed by atoms with E-state index in [9.17, 15) is 4.79 Å². The smallest absolute Gasteiger partial charge is 0.156 e. The van der Waals surface area contributed by atoms with Crippen molar-refractivity contribution in [2.24, 2.45) is 0 Å². The van der Waals surface area contributed by atoms with Gasteiger partial charge >= 0.3 is 0 Å². The van der Waals surface area contributed by atoms with Crippen molar-refractivity contribution in [3.8, 4) is 0 Å². The molecule has 0 unspecified atom stereocenters. The summed E-state index contributed by atoms with van der Waals surface area (Å²) >= 11 is 5.17. The van der Waals surface area contributed by atoms with Crippen molar-refractivity contribution in [1.29, 1.82) is 0 Å². The van der Waals surface area contributed by atoms with E-state index >= 15 is 0 Å². The molecule has 0 bridgehead atoms. The van der Waals surface area contributed by atoms with Crippen LogP contribution in [0, 0.1) is 0 Å². The molecule has 0 fully saturated rings. The Morgan fingerprint density at radius 3 is 2.78 bits per heavy atom. The maximum atomic E-state index is 10.6. The lowest BCUT2D eigenvalue weighted by Gasteiger charge is -1.88. The predicted molar refractivity (Wildman–Crippen MR) is 39.5 cm³/mol. The highest BCUT2D eigenvalue weighted by Gasteiger charge is 1.92. The Labute approximate surface area is 60.7 Å². The molecule has 2 heteroatoms. The summed E-state index contributed by atoms with van der Waals surface area (Å²) in [7, 11) is 0. The molecule has 1 nitrogen and oxygen atoms in total. The van der Waals surface area contributed by atoms with Crippen LogP contribution in [0.5, 0.6) is 0 Å². The van der Waals surface area contributed by atoms with Gasteiger partial charge < -0.3 is 0 Å². The summed E-state index contributed by atoms with van der Waals surface area (Å²) in [6, 6.07) is 0. The van der Waals surface area contributed by atoms with Gasteiger partial charge in [-0.05, 0) is 12.5 Å². The fourth-order valence-electron chi connectivity index (χ4n) is 0.505. The SMILES string of the molecule is CCCCC(=O)/C=C/Cl. The summed E-state index contributed by atoms with van der Waals surface area (Å²) in [6.45, 7) is 2.05. The van der Waals surface area contributed by atoms with Gasteiger partial charge in [0.25, 0.3) is 0 Å². The molecule has 0 N–H and O–H groups in total. The molecule has 0 aromatic rings. The molecule has 0 aromatic carbocycles. The highest BCUT2D eigenvalue weighted by molar-refractivity contribution is 6.26. The van der Waals surface area contributed by atoms with E-state index in [1.807, 2.05) is 0 Å². The Morgan fingerprint density at radius 2 is 2.33 bits per heavy atom. The lowest BCUT2D eigenvalue weighted by Crippen LogP contribution is -1.89. The van der Waals surface area contributed by atoms with Crippen molar-refractivity contribution in [2.45, 2.75) is 26.2 Å². The van der Waals surface area contributed by atoms with Crippen LogP contribution in [-0.4, -0.2) is 5.78 Å². The summed E-state index contributed by atoms with van der Waals surface area (Å²) in [5, 5.41) is 0. The third kappa shape index (κ3) is 5.57. The Hall–Kier alpha value is -0.300. The molecular weight excluding hydrogens is 136 g/mol. The van der Waals surface area contributed by atoms with Gasteiger partial charge in [-0.2, -0.15) is 0 Å². The zero-order valence-electron chi connectivity index (χ0n) is 5.56. The van der Waals surface area contributed by atoms with E-state index in [1.165, 1.54) is 11.6 Å². The summed E-state index contributed by atoms with van der Waals surface area (Å²) in [5.74, 6) is 0.117. The van der Waals surface area contributed by atoms with Crippen LogP contribution in [0.3, 0.4) is 0 Å². The third-order valence-corrected chi connectivity index (χ3v) is 1.15. The zero-order valence-corrected chi connectivity index (χ0v) is 6.32. The average molecular weight is 147 g/mol. The van der Waals surface area contributed by atoms with Gasteiger partial charge in [-0.25, -0.2) is 0 Å². The first kappa shape index (κ1) is 8.70. The van der Waals surface area contributed by atoms with E-state index in [0.29, 0.717) is 6.42 Å². The lowest BCUT2D eigenvalue weighted by molar-refractivity contribution is -0.114. The van der Waals surface area contributed by atoms with Crippen molar-refractivity contribution in [2.75, 3.05) is 0 Å². The van der Waals surface area contributed by atoms with Crippen LogP contribution in [0.2, 0.25) is 0 Å². The van der Waals surface area contributed by atoms with Crippen LogP contribution >= 0.6 is 11.6 Å². The number of halogens is 1. The Balaban J connectivity index is 3.27. The van der Waals surface area contributed by atoms with E-state index in [4.69, 9.17) is 11.6 Å². The van der Waals surface area contributed by atoms with Crippen LogP contribution < -0.4 is 0 Å². The number of unbranched alkanes of at least 4 members (excludes halogenated alkanes) is 1. The van der Waals surface area contributed by atoms with Crippen LogP contribution in [-0.2, 0) is 4.79 Å². The third-order valence-electron chi connectivity index (χ3n) is 1.03. The number of allylic oxidation sites excluding steroid dienone is 1. The molecular formula is C7H11ClO. The molecule has 0 aliphatic carbocycles. The Morgan fingerprint density at radius 1 is 1.67 bits per heavy atom. The summed E-state index contributed by atoms with van der Waals surface area (Å²) in [6.07, 6.45) is 4.04. The second-order valence-electron chi connectivity index (χ2n) is 1.86. The number of carbonyl (C=O) groups is 1. The maximum Gasteiger partial charge on any atom is 0.156 e. The molecule has 0 aromatic heterocycles. The van der Waals surface area contributed by atoms with Gasteiger partial charge in [0, 0.05) is 12.0 Å². The van der Waals surface area contributed by atoms with Crippen molar-refractivity contribution in [3.63, 3.8) is 0 Å². The number of carbonyl (C=O) groups excluding carboxylic acids is 1. The van der Waals surface area contributed by atoms with Crippen LogP contribution in [0.25, 0.3) is 0 Å². The lowest BCUT2D eigenvalue weighted by atomic mass is 10.2. The first-order valence-corrected chi connectivity index (χ1v) is 3.54. The minimum absolute atomic E-state index is 0.117. The number of rotatable bonds is 4. The Bertz CT molecular complexity index is 107. The van der Waals surface area contributed by atoms with Crippen LogP contribution in [0.4, 0.5) is 0 Å². The van der Waals surface area contributed by atoms with Crippen molar-refractivity contribution in [1.82, 2.24) is 0 Å². The number of hydrogen-bond donors (Lipinski definition) is 0. The monoisotopic (exact) mass is 146 g/mol. The molecule has 52 valence electrons. The highest BCUT2D eigenvalue weighted by atomic mass is 35.5. The van der Waals surface area contributed by atoms with Gasteiger partial charge in [-0.3, -0.25) is 4.79 Å². The van der Waals surface area contributed by atoms with Crippen molar-refractivity contribution >= 4 is 17.4 Å². The van der Waals surface area contributed by atoms with Gasteiger partial charge in [0.15, 0.2) is 5.78 Å². The van der Waals surface area contributed by atoms with E-state index in [2.05, 4.69) is 6.92 Å². The van der Waals surface area contributed by atoms with Crippen LogP contribution in [0.1, 0.15) is 26.2 Å². The van der Waals surface area contributed by atoms with Gasteiger partial charge in [-0.1, -0.05) is 24.9 Å². The zero-order chi connectivity index (χ0) is 7.11.